The van der Waals surface area contributed by atoms with Crippen molar-refractivity contribution in [1.29, 1.82) is 0 Å². The summed E-state index contributed by atoms with van der Waals surface area (Å²) in [6.45, 7) is 0. The average molecular weight is 638 g/mol. The van der Waals surface area contributed by atoms with Crippen LogP contribution in [0.3, 0.4) is 0 Å². The molecule has 0 radical (unpaired) electrons. The van der Waals surface area contributed by atoms with Gasteiger partial charge in [0.2, 0.25) is 0 Å². The van der Waals surface area contributed by atoms with Gasteiger partial charge in [0.25, 0.3) is 0 Å². The van der Waals surface area contributed by atoms with Crippen molar-refractivity contribution in [1.82, 2.24) is 0 Å². The molecule has 9 aromatic carbocycles. The van der Waals surface area contributed by atoms with E-state index in [1.165, 1.54) is 54.6 Å². The third kappa shape index (κ3) is 4.73. The summed E-state index contributed by atoms with van der Waals surface area (Å²) in [5.41, 5.74) is 9.91. The Hall–Kier alpha value is -6.64. The fourth-order valence-electron chi connectivity index (χ4n) is 7.53. The highest BCUT2D eigenvalue weighted by atomic mass is 16.3. The molecule has 1 heterocycles. The Kier molecular flexibility index (Phi) is 6.53. The molecule has 0 N–H and O–H groups in total. The summed E-state index contributed by atoms with van der Waals surface area (Å²) < 4.78 is 6.37. The standard InChI is InChI=1S/C48H31NO/c1-2-11-37-29-38(25-23-32(37)9-1)33-19-21-34(22-20-33)39-26-24-35-27-28-41(31-40(35)30-39)49(44-15-7-12-36-10-3-4-13-42(36)44)45-16-8-18-47-48(45)43-14-5-6-17-46(43)50-47/h1-31H. The van der Waals surface area contributed by atoms with Crippen molar-refractivity contribution in [3.05, 3.63) is 188 Å². The van der Waals surface area contributed by atoms with Crippen molar-refractivity contribution in [3.8, 4) is 22.3 Å². The van der Waals surface area contributed by atoms with Crippen LogP contribution in [0.4, 0.5) is 17.1 Å². The molecule has 0 aliphatic rings. The average Bonchev–Trinajstić information content (AvgIpc) is 3.57. The molecule has 2 heteroatoms. The zero-order valence-corrected chi connectivity index (χ0v) is 27.3. The zero-order valence-electron chi connectivity index (χ0n) is 27.3. The fourth-order valence-corrected chi connectivity index (χ4v) is 7.53. The molecule has 0 spiro atoms. The van der Waals surface area contributed by atoms with E-state index in [-0.39, 0.29) is 0 Å². The molecule has 0 fully saturated rings. The first-order valence-electron chi connectivity index (χ1n) is 17.1. The van der Waals surface area contributed by atoms with E-state index in [0.717, 1.165) is 39.0 Å². The SMILES string of the molecule is c1ccc2cc(-c3ccc(-c4ccc5ccc(N(c6cccc7ccccc67)c6cccc7oc8ccccc8c67)cc5c4)cc3)ccc2c1. The van der Waals surface area contributed by atoms with Crippen LogP contribution in [0.1, 0.15) is 0 Å². The van der Waals surface area contributed by atoms with Crippen LogP contribution in [-0.4, -0.2) is 0 Å². The van der Waals surface area contributed by atoms with Gasteiger partial charge in [-0.15, -0.1) is 0 Å². The molecule has 50 heavy (non-hydrogen) atoms. The predicted molar refractivity (Wildman–Crippen MR) is 212 cm³/mol. The summed E-state index contributed by atoms with van der Waals surface area (Å²) in [5, 5.41) is 9.53. The first kappa shape index (κ1) is 28.4. The highest BCUT2D eigenvalue weighted by Gasteiger charge is 2.21. The van der Waals surface area contributed by atoms with Crippen molar-refractivity contribution in [2.24, 2.45) is 0 Å². The van der Waals surface area contributed by atoms with Crippen LogP contribution >= 0.6 is 0 Å². The van der Waals surface area contributed by atoms with Gasteiger partial charge >= 0.3 is 0 Å². The molecule has 1 aromatic heterocycles. The lowest BCUT2D eigenvalue weighted by atomic mass is 9.97. The number of nitrogens with zero attached hydrogens (tertiary/aromatic N) is 1. The van der Waals surface area contributed by atoms with Crippen LogP contribution in [0.5, 0.6) is 0 Å². The molecule has 0 atom stereocenters. The van der Waals surface area contributed by atoms with Crippen LogP contribution in [-0.2, 0) is 0 Å². The minimum absolute atomic E-state index is 0.879. The third-order valence-corrected chi connectivity index (χ3v) is 10.0. The summed E-state index contributed by atoms with van der Waals surface area (Å²) >= 11 is 0. The van der Waals surface area contributed by atoms with E-state index in [0.29, 0.717) is 0 Å². The molecule has 0 amide bonds. The van der Waals surface area contributed by atoms with Crippen LogP contribution < -0.4 is 4.90 Å². The van der Waals surface area contributed by atoms with Crippen LogP contribution in [0.2, 0.25) is 0 Å². The number of benzene rings is 9. The molecule has 2 nitrogen and oxygen atoms in total. The smallest absolute Gasteiger partial charge is 0.137 e. The van der Waals surface area contributed by atoms with Crippen LogP contribution in [0.25, 0.3) is 76.5 Å². The number of furan rings is 1. The monoisotopic (exact) mass is 637 g/mol. The van der Waals surface area contributed by atoms with Crippen molar-refractivity contribution < 1.29 is 4.42 Å². The predicted octanol–water partition coefficient (Wildman–Crippen LogP) is 13.8. The van der Waals surface area contributed by atoms with Gasteiger partial charge < -0.3 is 9.32 Å². The lowest BCUT2D eigenvalue weighted by Gasteiger charge is -2.28. The van der Waals surface area contributed by atoms with Gasteiger partial charge in [-0.05, 0) is 97.7 Å². The number of anilines is 3. The molecular formula is C48H31NO. The van der Waals surface area contributed by atoms with Gasteiger partial charge in [0.1, 0.15) is 11.2 Å². The Bertz CT molecular complexity index is 2870. The maximum Gasteiger partial charge on any atom is 0.137 e. The summed E-state index contributed by atoms with van der Waals surface area (Å²) in [6, 6.07) is 67.6. The van der Waals surface area contributed by atoms with Crippen molar-refractivity contribution >= 4 is 71.3 Å². The molecule has 0 saturated carbocycles. The Labute approximate surface area is 290 Å². The van der Waals surface area contributed by atoms with E-state index in [4.69, 9.17) is 4.42 Å². The normalized spacial score (nSPS) is 11.6. The first-order valence-corrected chi connectivity index (χ1v) is 17.1. The first-order chi connectivity index (χ1) is 24.8. The summed E-state index contributed by atoms with van der Waals surface area (Å²) in [7, 11) is 0. The van der Waals surface area contributed by atoms with E-state index >= 15 is 0 Å². The van der Waals surface area contributed by atoms with Crippen molar-refractivity contribution in [2.75, 3.05) is 4.90 Å². The lowest BCUT2D eigenvalue weighted by molar-refractivity contribution is 0.669. The van der Waals surface area contributed by atoms with Gasteiger partial charge in [-0.25, -0.2) is 0 Å². The minimum Gasteiger partial charge on any atom is -0.456 e. The third-order valence-electron chi connectivity index (χ3n) is 10.0. The molecule has 0 unspecified atom stereocenters. The maximum atomic E-state index is 6.37. The van der Waals surface area contributed by atoms with Gasteiger partial charge in [0.05, 0.1) is 16.8 Å². The largest absolute Gasteiger partial charge is 0.456 e. The molecule has 0 bridgehead atoms. The summed E-state index contributed by atoms with van der Waals surface area (Å²) in [5.74, 6) is 0. The van der Waals surface area contributed by atoms with Gasteiger partial charge in [0, 0.05) is 16.5 Å². The van der Waals surface area contributed by atoms with E-state index in [1.54, 1.807) is 0 Å². The molecule has 0 aliphatic carbocycles. The Balaban J connectivity index is 1.11. The highest BCUT2D eigenvalue weighted by Crippen LogP contribution is 2.45. The number of hydrogen-bond acceptors (Lipinski definition) is 2. The minimum atomic E-state index is 0.879. The second-order valence-corrected chi connectivity index (χ2v) is 13.0. The second kappa shape index (κ2) is 11.5. The topological polar surface area (TPSA) is 16.4 Å². The molecule has 10 aromatic rings. The molecule has 10 rings (SSSR count). The van der Waals surface area contributed by atoms with Gasteiger partial charge in [0.15, 0.2) is 0 Å². The number of rotatable bonds is 5. The molecular weight excluding hydrogens is 607 g/mol. The Morgan fingerprint density at radius 2 is 0.860 bits per heavy atom. The number of hydrogen-bond donors (Lipinski definition) is 0. The van der Waals surface area contributed by atoms with E-state index < -0.39 is 0 Å². The van der Waals surface area contributed by atoms with Crippen molar-refractivity contribution in [3.63, 3.8) is 0 Å². The van der Waals surface area contributed by atoms with Gasteiger partial charge in [-0.2, -0.15) is 0 Å². The quantitative estimate of drug-likeness (QED) is 0.187. The molecule has 0 aliphatic heterocycles. The summed E-state index contributed by atoms with van der Waals surface area (Å²) in [4.78, 5) is 2.40. The Morgan fingerprint density at radius 3 is 1.66 bits per heavy atom. The second-order valence-electron chi connectivity index (χ2n) is 13.0. The zero-order chi connectivity index (χ0) is 33.0. The molecule has 0 saturated heterocycles. The van der Waals surface area contributed by atoms with Crippen molar-refractivity contribution in [2.45, 2.75) is 0 Å². The fraction of sp³-hybridized carbons (Fsp3) is 0. The van der Waals surface area contributed by atoms with E-state index in [1.807, 2.05) is 12.1 Å². The molecule has 234 valence electrons. The van der Waals surface area contributed by atoms with E-state index in [9.17, 15) is 0 Å². The number of para-hydroxylation sites is 1. The van der Waals surface area contributed by atoms with Crippen LogP contribution in [0.15, 0.2) is 192 Å². The summed E-state index contributed by atoms with van der Waals surface area (Å²) in [6.07, 6.45) is 0. The number of fused-ring (bicyclic) bond motifs is 6. The van der Waals surface area contributed by atoms with Gasteiger partial charge in [-0.1, -0.05) is 140 Å². The highest BCUT2D eigenvalue weighted by molar-refractivity contribution is 6.15. The van der Waals surface area contributed by atoms with Crippen LogP contribution in [0, 0.1) is 0 Å². The Morgan fingerprint density at radius 1 is 0.320 bits per heavy atom. The van der Waals surface area contributed by atoms with E-state index in [2.05, 4.69) is 181 Å². The maximum absolute atomic E-state index is 6.37. The van der Waals surface area contributed by atoms with Gasteiger partial charge in [-0.3, -0.25) is 0 Å². The lowest BCUT2D eigenvalue weighted by Crippen LogP contribution is -2.11.